The molecule has 0 unspecified atom stereocenters. The zero-order valence-electron chi connectivity index (χ0n) is 23.0. The van der Waals surface area contributed by atoms with Crippen LogP contribution in [-0.4, -0.2) is 85.5 Å². The normalized spacial score (nSPS) is 22.1. The van der Waals surface area contributed by atoms with Gasteiger partial charge in [-0.2, -0.15) is 5.10 Å². The molecule has 36 heavy (non-hydrogen) atoms. The van der Waals surface area contributed by atoms with Crippen LogP contribution >= 0.6 is 0 Å². The molecule has 1 saturated heterocycles. The Bertz CT molecular complexity index is 926. The predicted molar refractivity (Wildman–Crippen MR) is 148 cm³/mol. The summed E-state index contributed by atoms with van der Waals surface area (Å²) >= 11 is 0. The Morgan fingerprint density at radius 1 is 1.25 bits per heavy atom. The number of likely N-dealkylation sites (N-methyl/N-ethyl adjacent to an activating group) is 2. The molecule has 3 rings (SSSR count). The molecule has 7 nitrogen and oxygen atoms in total. The summed E-state index contributed by atoms with van der Waals surface area (Å²) in [6, 6.07) is 0.319. The van der Waals surface area contributed by atoms with Gasteiger partial charge in [-0.05, 0) is 89.2 Å². The van der Waals surface area contributed by atoms with Gasteiger partial charge in [0.2, 0.25) is 0 Å². The topological polar surface area (TPSA) is 62.6 Å². The van der Waals surface area contributed by atoms with E-state index >= 15 is 0 Å². The molecule has 0 aromatic carbocycles. The second-order valence-corrected chi connectivity index (χ2v) is 10.2. The van der Waals surface area contributed by atoms with E-state index in [0.717, 1.165) is 107 Å². The minimum absolute atomic E-state index is 0.105. The van der Waals surface area contributed by atoms with Crippen molar-refractivity contribution in [3.63, 3.8) is 0 Å². The molecule has 0 atom stereocenters. The van der Waals surface area contributed by atoms with Gasteiger partial charge in [-0.15, -0.1) is 6.58 Å². The fourth-order valence-electron chi connectivity index (χ4n) is 5.38. The summed E-state index contributed by atoms with van der Waals surface area (Å²) in [6.07, 6.45) is 13.0. The third-order valence-electron chi connectivity index (χ3n) is 7.35. The van der Waals surface area contributed by atoms with Crippen molar-refractivity contribution in [1.82, 2.24) is 24.9 Å². The number of nitrogens with zero attached hydrogens (tertiary/aromatic N) is 4. The molecule has 2 aliphatic heterocycles. The summed E-state index contributed by atoms with van der Waals surface area (Å²) in [5.74, 6) is 0.105. The molecule has 1 aromatic rings. The molecule has 1 amide bonds. The second kappa shape index (κ2) is 14.5. The Labute approximate surface area is 218 Å². The highest BCUT2D eigenvalue weighted by Crippen LogP contribution is 2.30. The van der Waals surface area contributed by atoms with Gasteiger partial charge in [0, 0.05) is 45.5 Å². The molecule has 2 aliphatic rings. The molecule has 200 valence electrons. The van der Waals surface area contributed by atoms with Crippen molar-refractivity contribution in [2.24, 2.45) is 0 Å². The average Bonchev–Trinajstić information content (AvgIpc) is 3.27. The highest BCUT2D eigenvalue weighted by molar-refractivity contribution is 5.99. The summed E-state index contributed by atoms with van der Waals surface area (Å²) in [5.41, 5.74) is 5.39. The molecule has 0 bridgehead atoms. The summed E-state index contributed by atoms with van der Waals surface area (Å²) in [7, 11) is 3.91. The second-order valence-electron chi connectivity index (χ2n) is 10.2. The van der Waals surface area contributed by atoms with Crippen LogP contribution in [0.2, 0.25) is 0 Å². The number of aromatic nitrogens is 2. The lowest BCUT2D eigenvalue weighted by Gasteiger charge is -2.26. The van der Waals surface area contributed by atoms with Crippen LogP contribution in [0.5, 0.6) is 0 Å². The van der Waals surface area contributed by atoms with Gasteiger partial charge in [0.1, 0.15) is 0 Å². The SMILES string of the molecule is C=CC/C1=C(\C=C(/CNC)c2c(C)cnn2C2CCOCC2)C(=O)N(C)CCN(CCC)CCCC1. The summed E-state index contributed by atoms with van der Waals surface area (Å²) in [4.78, 5) is 18.3. The highest BCUT2D eigenvalue weighted by atomic mass is 16.5. The van der Waals surface area contributed by atoms with E-state index in [4.69, 9.17) is 9.84 Å². The largest absolute Gasteiger partial charge is 0.381 e. The van der Waals surface area contributed by atoms with Gasteiger partial charge in [-0.3, -0.25) is 9.48 Å². The lowest BCUT2D eigenvalue weighted by molar-refractivity contribution is -0.125. The molecule has 0 saturated carbocycles. The number of amides is 1. The Kier molecular flexibility index (Phi) is 11.4. The number of aryl methyl sites for hydroxylation is 1. The molecule has 1 fully saturated rings. The van der Waals surface area contributed by atoms with Crippen LogP contribution in [0.15, 0.2) is 36.1 Å². The maximum absolute atomic E-state index is 13.9. The number of nitrogens with one attached hydrogen (secondary N) is 1. The zero-order chi connectivity index (χ0) is 25.9. The summed E-state index contributed by atoms with van der Waals surface area (Å²) < 4.78 is 7.78. The van der Waals surface area contributed by atoms with E-state index in [2.05, 4.69) is 41.4 Å². The lowest BCUT2D eigenvalue weighted by Crippen LogP contribution is -2.37. The van der Waals surface area contributed by atoms with E-state index in [0.29, 0.717) is 12.6 Å². The first-order valence-corrected chi connectivity index (χ1v) is 13.8. The smallest absolute Gasteiger partial charge is 0.253 e. The Balaban J connectivity index is 2.05. The third kappa shape index (κ3) is 7.40. The van der Waals surface area contributed by atoms with Gasteiger partial charge in [-0.1, -0.05) is 18.6 Å². The monoisotopic (exact) mass is 497 g/mol. The van der Waals surface area contributed by atoms with Crippen molar-refractivity contribution in [1.29, 1.82) is 0 Å². The Morgan fingerprint density at radius 2 is 2.03 bits per heavy atom. The molecule has 0 spiro atoms. The number of rotatable bonds is 9. The molecular formula is C29H47N5O2. The van der Waals surface area contributed by atoms with Crippen molar-refractivity contribution < 1.29 is 9.53 Å². The van der Waals surface area contributed by atoms with Gasteiger partial charge in [-0.25, -0.2) is 0 Å². The Hall–Kier alpha value is -2.22. The van der Waals surface area contributed by atoms with E-state index in [9.17, 15) is 4.79 Å². The number of hydrogen-bond acceptors (Lipinski definition) is 5. The minimum Gasteiger partial charge on any atom is -0.381 e. The van der Waals surface area contributed by atoms with Gasteiger partial charge in [0.05, 0.1) is 17.9 Å². The number of ether oxygens (including phenoxy) is 1. The minimum atomic E-state index is 0.105. The van der Waals surface area contributed by atoms with Crippen molar-refractivity contribution in [2.45, 2.75) is 64.8 Å². The lowest BCUT2D eigenvalue weighted by atomic mass is 9.94. The van der Waals surface area contributed by atoms with E-state index in [1.54, 1.807) is 0 Å². The number of carbonyl (C=O) groups excluding carboxylic acids is 1. The standard InChI is InChI=1S/C29H47N5O2/c1-6-10-24-11-8-9-15-33(14-7-2)17-16-32(5)29(35)27(24)20-25(22-30-4)28-23(3)21-31-34(28)26-12-18-36-19-13-26/h6,20-21,26,30H,1,7-19,22H2,2-5H3/b25-20+,27-24-. The average molecular weight is 498 g/mol. The maximum Gasteiger partial charge on any atom is 0.253 e. The molecular weight excluding hydrogens is 450 g/mol. The predicted octanol–water partition coefficient (Wildman–Crippen LogP) is 4.37. The van der Waals surface area contributed by atoms with Crippen molar-refractivity contribution in [3.8, 4) is 0 Å². The van der Waals surface area contributed by atoms with E-state index in [1.165, 1.54) is 5.57 Å². The Morgan fingerprint density at radius 3 is 2.72 bits per heavy atom. The first kappa shape index (κ1) is 28.4. The fraction of sp³-hybridized carbons (Fsp3) is 0.655. The van der Waals surface area contributed by atoms with Crippen molar-refractivity contribution in [3.05, 3.63) is 47.3 Å². The third-order valence-corrected chi connectivity index (χ3v) is 7.35. The number of allylic oxidation sites excluding steroid dienone is 2. The quantitative estimate of drug-likeness (QED) is 0.513. The highest BCUT2D eigenvalue weighted by Gasteiger charge is 2.25. The van der Waals surface area contributed by atoms with Gasteiger partial charge in [0.25, 0.3) is 5.91 Å². The van der Waals surface area contributed by atoms with Crippen LogP contribution in [0.25, 0.3) is 5.57 Å². The first-order valence-electron chi connectivity index (χ1n) is 13.8. The van der Waals surface area contributed by atoms with Crippen LogP contribution < -0.4 is 5.32 Å². The fourth-order valence-corrected chi connectivity index (χ4v) is 5.38. The van der Waals surface area contributed by atoms with Crippen LogP contribution in [0.3, 0.4) is 0 Å². The van der Waals surface area contributed by atoms with E-state index in [1.807, 2.05) is 31.3 Å². The van der Waals surface area contributed by atoms with Crippen LogP contribution in [0.1, 0.15) is 69.2 Å². The van der Waals surface area contributed by atoms with Crippen LogP contribution in [0.4, 0.5) is 0 Å². The maximum atomic E-state index is 13.9. The van der Waals surface area contributed by atoms with E-state index < -0.39 is 0 Å². The van der Waals surface area contributed by atoms with Crippen LogP contribution in [0, 0.1) is 6.92 Å². The van der Waals surface area contributed by atoms with Crippen molar-refractivity contribution in [2.75, 3.05) is 60.0 Å². The van der Waals surface area contributed by atoms with Crippen molar-refractivity contribution >= 4 is 11.5 Å². The molecule has 3 heterocycles. The zero-order valence-corrected chi connectivity index (χ0v) is 23.0. The van der Waals surface area contributed by atoms with Gasteiger partial charge in [0.15, 0.2) is 0 Å². The van der Waals surface area contributed by atoms with Crippen LogP contribution in [-0.2, 0) is 9.53 Å². The summed E-state index contributed by atoms with van der Waals surface area (Å²) in [6.45, 7) is 14.4. The first-order chi connectivity index (χ1) is 17.5. The van der Waals surface area contributed by atoms with Gasteiger partial charge < -0.3 is 19.9 Å². The molecule has 1 aromatic heterocycles. The van der Waals surface area contributed by atoms with Gasteiger partial charge >= 0.3 is 0 Å². The molecule has 0 aliphatic carbocycles. The molecule has 7 heteroatoms. The molecule has 1 N–H and O–H groups in total. The number of carbonyl (C=O) groups is 1. The summed E-state index contributed by atoms with van der Waals surface area (Å²) in [5, 5.41) is 8.13. The van der Waals surface area contributed by atoms with E-state index in [-0.39, 0.29) is 5.91 Å². The number of hydrogen-bond donors (Lipinski definition) is 1. The molecule has 0 radical (unpaired) electrons.